The molecule has 44 heavy (non-hydrogen) atoms. The van der Waals surface area contributed by atoms with Crippen LogP contribution in [0, 0.1) is 22.7 Å². The van der Waals surface area contributed by atoms with Crippen LogP contribution in [0.2, 0.25) is 0 Å². The first-order valence-electron chi connectivity index (χ1n) is 15.9. The van der Waals surface area contributed by atoms with Gasteiger partial charge < -0.3 is 44.8 Å². The average molecular weight is 623 g/mol. The Morgan fingerprint density at radius 1 is 1.05 bits per heavy atom. The number of rotatable bonds is 6. The van der Waals surface area contributed by atoms with Crippen molar-refractivity contribution in [2.45, 2.75) is 140 Å². The van der Waals surface area contributed by atoms with E-state index in [-0.39, 0.29) is 44.3 Å². The van der Waals surface area contributed by atoms with E-state index in [0.29, 0.717) is 19.3 Å². The number of aliphatic hydroxyl groups is 6. The van der Waals surface area contributed by atoms with Crippen LogP contribution in [-0.2, 0) is 23.8 Å². The van der Waals surface area contributed by atoms with Crippen LogP contribution in [0.1, 0.15) is 86.5 Å². The number of carbonyl (C=O) groups is 2. The molecule has 1 saturated heterocycles. The minimum Gasteiger partial charge on any atom is -0.458 e. The number of allylic oxidation sites excluding steroid dienone is 1. The smallest absolute Gasteiger partial charge is 0.330 e. The predicted octanol–water partition coefficient (Wildman–Crippen LogP) is 1.45. The van der Waals surface area contributed by atoms with E-state index < -0.39 is 76.0 Å². The Balaban J connectivity index is 1.48. The first kappa shape index (κ1) is 33.7. The molecule has 0 spiro atoms. The van der Waals surface area contributed by atoms with Crippen molar-refractivity contribution in [1.29, 1.82) is 0 Å². The predicted molar refractivity (Wildman–Crippen MR) is 157 cm³/mol. The van der Waals surface area contributed by atoms with Crippen LogP contribution >= 0.6 is 0 Å². The maximum Gasteiger partial charge on any atom is 0.330 e. The fourth-order valence-corrected chi connectivity index (χ4v) is 9.09. The number of ketones is 1. The van der Waals surface area contributed by atoms with Crippen LogP contribution in [0.3, 0.4) is 0 Å². The van der Waals surface area contributed by atoms with Gasteiger partial charge in [0, 0.05) is 12.0 Å². The van der Waals surface area contributed by atoms with E-state index in [2.05, 4.69) is 0 Å². The Morgan fingerprint density at radius 2 is 1.73 bits per heavy atom. The van der Waals surface area contributed by atoms with Gasteiger partial charge in [0.15, 0.2) is 12.1 Å². The molecule has 0 radical (unpaired) electrons. The Hall–Kier alpha value is -1.70. The molecule has 0 aromatic rings. The molecule has 1 aliphatic heterocycles. The lowest BCUT2D eigenvalue weighted by Gasteiger charge is -2.67. The number of ether oxygens (including phenoxy) is 3. The minimum atomic E-state index is -2.01. The maximum absolute atomic E-state index is 13.2. The van der Waals surface area contributed by atoms with Gasteiger partial charge >= 0.3 is 5.97 Å². The molecular formula is C33H50O11. The van der Waals surface area contributed by atoms with E-state index in [1.807, 2.05) is 33.8 Å². The summed E-state index contributed by atoms with van der Waals surface area (Å²) in [6.45, 7) is 10.4. The first-order chi connectivity index (χ1) is 20.4. The van der Waals surface area contributed by atoms with Crippen LogP contribution < -0.4 is 0 Å². The highest BCUT2D eigenvalue weighted by Crippen LogP contribution is 2.71. The number of fused-ring (bicyclic) bond motifs is 5. The zero-order chi connectivity index (χ0) is 32.6. The van der Waals surface area contributed by atoms with Gasteiger partial charge in [-0.15, -0.1) is 0 Å². The van der Waals surface area contributed by atoms with Crippen LogP contribution in [0.5, 0.6) is 0 Å². The summed E-state index contributed by atoms with van der Waals surface area (Å²) < 4.78 is 17.6. The molecule has 0 amide bonds. The lowest BCUT2D eigenvalue weighted by molar-refractivity contribution is -0.315. The van der Waals surface area contributed by atoms with Crippen molar-refractivity contribution in [3.8, 4) is 0 Å². The van der Waals surface area contributed by atoms with Crippen LogP contribution in [0.15, 0.2) is 23.3 Å². The van der Waals surface area contributed by atoms with Gasteiger partial charge in [0.25, 0.3) is 0 Å². The fraction of sp³-hybridized carbons (Fsp3) is 0.818. The molecule has 3 saturated carbocycles. The normalized spacial score (nSPS) is 49.1. The molecule has 0 aromatic heterocycles. The molecule has 12 atom stereocenters. The molecule has 0 bridgehead atoms. The van der Waals surface area contributed by atoms with Crippen molar-refractivity contribution >= 4 is 11.8 Å². The molecule has 4 aliphatic carbocycles. The summed E-state index contributed by atoms with van der Waals surface area (Å²) in [7, 11) is 0. The van der Waals surface area contributed by atoms with Gasteiger partial charge in [0.05, 0.1) is 18.1 Å². The number of Topliss-reactive ketones (excluding diaryl/α,β-unsaturated/α-hetero) is 1. The standard InChI is InChI=1S/C33H50O11/c1-17(2)18(3)13-25(36)44-24-15-23-29(5)9-8-21(43-28-27(38)26(37)22(35)16-42-28)14-20(29)7-10-32(23,40)33(41)12-11-31(39,19(4)34)30(24,33)6/h7,13,17,21-24,26-28,35,37-41H,8-12,14-16H2,1-6H3/b18-13+/t21-,22-,23+,24+,26-,27+,28-,29-,30+,31+,32-,33+/m0/s1. The molecule has 11 nitrogen and oxygen atoms in total. The van der Waals surface area contributed by atoms with Gasteiger partial charge in [-0.05, 0) is 77.0 Å². The van der Waals surface area contributed by atoms with E-state index >= 15 is 0 Å². The summed E-state index contributed by atoms with van der Waals surface area (Å²) in [6.07, 6.45) is -1.66. The summed E-state index contributed by atoms with van der Waals surface area (Å²) >= 11 is 0. The zero-order valence-electron chi connectivity index (χ0n) is 26.7. The second kappa shape index (κ2) is 11.2. The topological polar surface area (TPSA) is 183 Å². The Bertz CT molecular complexity index is 1230. The molecule has 5 aliphatic rings. The lowest BCUT2D eigenvalue weighted by Crippen LogP contribution is -2.78. The Morgan fingerprint density at radius 3 is 2.36 bits per heavy atom. The summed E-state index contributed by atoms with van der Waals surface area (Å²) in [5.74, 6) is -1.65. The van der Waals surface area contributed by atoms with Gasteiger partial charge in [-0.2, -0.15) is 0 Å². The van der Waals surface area contributed by atoms with Crippen LogP contribution in [0.25, 0.3) is 0 Å². The van der Waals surface area contributed by atoms with Crippen molar-refractivity contribution in [1.82, 2.24) is 0 Å². The number of hydrogen-bond donors (Lipinski definition) is 6. The van der Waals surface area contributed by atoms with Gasteiger partial charge in [-0.1, -0.05) is 38.0 Å². The molecular weight excluding hydrogens is 572 g/mol. The molecule has 248 valence electrons. The van der Waals surface area contributed by atoms with Crippen LogP contribution in [0.4, 0.5) is 0 Å². The van der Waals surface area contributed by atoms with Gasteiger partial charge in [-0.3, -0.25) is 4.79 Å². The van der Waals surface area contributed by atoms with Crippen molar-refractivity contribution < 1.29 is 54.4 Å². The molecule has 11 heteroatoms. The number of hydrogen-bond acceptors (Lipinski definition) is 11. The SMILES string of the molecule is CC(=O)[C@]1(O)CC[C@@]2(O)[C@]1(C)[C@H](OC(=O)/C=C(\C)C(C)C)C[C@@H]1[C@@]3(C)CC[C@H](O[C@@H]4OC[C@H](O)[C@H](O)[C@H]4O)CC3=CC[C@]12O. The van der Waals surface area contributed by atoms with Crippen molar-refractivity contribution in [3.05, 3.63) is 23.3 Å². The van der Waals surface area contributed by atoms with E-state index in [1.165, 1.54) is 13.0 Å². The van der Waals surface area contributed by atoms with Crippen LogP contribution in [-0.4, -0.2) is 103 Å². The molecule has 5 rings (SSSR count). The molecule has 4 fully saturated rings. The van der Waals surface area contributed by atoms with Crippen molar-refractivity contribution in [3.63, 3.8) is 0 Å². The third-order valence-electron chi connectivity index (χ3n) is 12.4. The first-order valence-corrected chi connectivity index (χ1v) is 15.9. The average Bonchev–Trinajstić information content (AvgIpc) is 3.19. The van der Waals surface area contributed by atoms with Gasteiger partial charge in [-0.25, -0.2) is 4.79 Å². The van der Waals surface area contributed by atoms with Gasteiger partial charge in [0.1, 0.15) is 41.2 Å². The van der Waals surface area contributed by atoms with E-state index in [4.69, 9.17) is 14.2 Å². The molecule has 1 heterocycles. The Kier molecular flexibility index (Phi) is 8.59. The summed E-state index contributed by atoms with van der Waals surface area (Å²) in [6, 6.07) is 0. The number of esters is 1. The fourth-order valence-electron chi connectivity index (χ4n) is 9.09. The summed E-state index contributed by atoms with van der Waals surface area (Å²) in [5, 5.41) is 67.3. The van der Waals surface area contributed by atoms with Crippen molar-refractivity contribution in [2.75, 3.05) is 6.61 Å². The quantitative estimate of drug-likeness (QED) is 0.143. The van der Waals surface area contributed by atoms with E-state index in [0.717, 1.165) is 11.1 Å². The monoisotopic (exact) mass is 622 g/mol. The minimum absolute atomic E-state index is 0.0441. The highest BCUT2D eigenvalue weighted by atomic mass is 16.7. The third kappa shape index (κ3) is 4.68. The number of carbonyl (C=O) groups excluding carboxylic acids is 2. The summed E-state index contributed by atoms with van der Waals surface area (Å²) in [5.41, 5.74) is -6.20. The highest BCUT2D eigenvalue weighted by molar-refractivity contribution is 5.87. The largest absolute Gasteiger partial charge is 0.458 e. The van der Waals surface area contributed by atoms with Gasteiger partial charge in [0.2, 0.25) is 0 Å². The zero-order valence-corrected chi connectivity index (χ0v) is 26.7. The number of aliphatic hydroxyl groups excluding tert-OH is 3. The molecule has 6 N–H and O–H groups in total. The summed E-state index contributed by atoms with van der Waals surface area (Å²) in [4.78, 5) is 26.3. The molecule has 0 unspecified atom stereocenters. The second-order valence-corrected chi connectivity index (χ2v) is 14.8. The van der Waals surface area contributed by atoms with E-state index in [9.17, 15) is 40.2 Å². The highest BCUT2D eigenvalue weighted by Gasteiger charge is 2.81. The Labute approximate surface area is 258 Å². The maximum atomic E-state index is 13.2. The third-order valence-corrected chi connectivity index (χ3v) is 12.4. The van der Waals surface area contributed by atoms with E-state index in [1.54, 1.807) is 6.92 Å². The second-order valence-electron chi connectivity index (χ2n) is 14.8. The lowest BCUT2D eigenvalue weighted by atomic mass is 9.42. The van der Waals surface area contributed by atoms with Crippen molar-refractivity contribution in [2.24, 2.45) is 22.7 Å². The molecule has 0 aromatic carbocycles.